The monoisotopic (exact) mass is 310 g/mol. The number of nitrogens with zero attached hydrogens (tertiary/aromatic N) is 2. The smallest absolute Gasteiger partial charge is 0.242 e. The van der Waals surface area contributed by atoms with Crippen molar-refractivity contribution in [2.24, 2.45) is 5.73 Å². The zero-order valence-electron chi connectivity index (χ0n) is 10.4. The molecule has 2 rings (SSSR count). The maximum Gasteiger partial charge on any atom is 0.242 e. The van der Waals surface area contributed by atoms with Gasteiger partial charge in [0.25, 0.3) is 0 Å². The Labute approximate surface area is 126 Å². The highest BCUT2D eigenvalue weighted by atomic mass is 35.5. The van der Waals surface area contributed by atoms with Crippen LogP contribution in [0.3, 0.4) is 0 Å². The lowest BCUT2D eigenvalue weighted by Gasteiger charge is -2.12. The van der Waals surface area contributed by atoms with Gasteiger partial charge in [0.15, 0.2) is 0 Å². The quantitative estimate of drug-likeness (QED) is 0.670. The van der Waals surface area contributed by atoms with E-state index in [4.69, 9.17) is 28.9 Å². The predicted molar refractivity (Wildman–Crippen MR) is 78.8 cm³/mol. The summed E-state index contributed by atoms with van der Waals surface area (Å²) in [5, 5.41) is 2.67. The van der Waals surface area contributed by atoms with Crippen LogP contribution in [0.4, 0.5) is 5.82 Å². The standard InChI is InChI=1S/C13H12Cl2N4O/c14-10-7-11(19-13(15)17-10)18-12(20)9(16)6-8-4-2-1-3-5-8/h1-5,7,9H,6,16H2,(H,17,18,19,20)/t9-/m0/s1. The summed E-state index contributed by atoms with van der Waals surface area (Å²) in [6, 6.07) is 10.2. The molecule has 0 fully saturated rings. The number of anilines is 1. The predicted octanol–water partition coefficient (Wildman–Crippen LogP) is 2.29. The molecule has 0 radical (unpaired) electrons. The average molecular weight is 311 g/mol. The summed E-state index contributed by atoms with van der Waals surface area (Å²) in [6.07, 6.45) is 0.430. The number of nitrogens with one attached hydrogen (secondary N) is 1. The molecule has 0 bridgehead atoms. The van der Waals surface area contributed by atoms with Gasteiger partial charge in [-0.3, -0.25) is 4.79 Å². The molecule has 0 saturated heterocycles. The molecule has 1 atom stereocenters. The van der Waals surface area contributed by atoms with Gasteiger partial charge >= 0.3 is 0 Å². The molecular formula is C13H12Cl2N4O. The van der Waals surface area contributed by atoms with Crippen LogP contribution < -0.4 is 11.1 Å². The number of carbonyl (C=O) groups is 1. The number of aromatic nitrogens is 2. The molecular weight excluding hydrogens is 299 g/mol. The maximum atomic E-state index is 12.0. The van der Waals surface area contributed by atoms with Crippen LogP contribution in [-0.4, -0.2) is 21.9 Å². The molecule has 2 aromatic rings. The fourth-order valence-electron chi connectivity index (χ4n) is 1.63. The van der Waals surface area contributed by atoms with E-state index in [2.05, 4.69) is 15.3 Å². The van der Waals surface area contributed by atoms with Gasteiger partial charge in [-0.15, -0.1) is 0 Å². The molecule has 3 N–H and O–H groups in total. The van der Waals surface area contributed by atoms with Crippen molar-refractivity contribution in [1.82, 2.24) is 9.97 Å². The molecule has 0 spiro atoms. The summed E-state index contributed by atoms with van der Waals surface area (Å²) in [6.45, 7) is 0. The summed E-state index contributed by atoms with van der Waals surface area (Å²) >= 11 is 11.4. The van der Waals surface area contributed by atoms with Gasteiger partial charge < -0.3 is 11.1 Å². The highest BCUT2D eigenvalue weighted by Crippen LogP contribution is 2.14. The van der Waals surface area contributed by atoms with Gasteiger partial charge in [0, 0.05) is 6.07 Å². The van der Waals surface area contributed by atoms with E-state index in [1.807, 2.05) is 30.3 Å². The number of hydrogen-bond donors (Lipinski definition) is 2. The first-order valence-electron chi connectivity index (χ1n) is 5.85. The number of amides is 1. The Kier molecular flexibility index (Phi) is 4.89. The van der Waals surface area contributed by atoms with Crippen molar-refractivity contribution in [2.75, 3.05) is 5.32 Å². The zero-order valence-corrected chi connectivity index (χ0v) is 11.9. The molecule has 5 nitrogen and oxygen atoms in total. The van der Waals surface area contributed by atoms with Crippen molar-refractivity contribution in [1.29, 1.82) is 0 Å². The number of hydrogen-bond acceptors (Lipinski definition) is 4. The Morgan fingerprint density at radius 2 is 1.95 bits per heavy atom. The van der Waals surface area contributed by atoms with Crippen LogP contribution in [0.25, 0.3) is 0 Å². The van der Waals surface area contributed by atoms with Crippen LogP contribution in [0.1, 0.15) is 5.56 Å². The van der Waals surface area contributed by atoms with E-state index in [1.54, 1.807) is 0 Å². The van der Waals surface area contributed by atoms with E-state index < -0.39 is 6.04 Å². The second-order valence-electron chi connectivity index (χ2n) is 4.13. The lowest BCUT2D eigenvalue weighted by Crippen LogP contribution is -2.37. The molecule has 0 aliphatic heterocycles. The third kappa shape index (κ3) is 4.16. The second-order valence-corrected chi connectivity index (χ2v) is 4.86. The molecule has 20 heavy (non-hydrogen) atoms. The first kappa shape index (κ1) is 14.7. The zero-order chi connectivity index (χ0) is 14.5. The molecule has 0 unspecified atom stereocenters. The van der Waals surface area contributed by atoms with Crippen molar-refractivity contribution in [3.8, 4) is 0 Å². The van der Waals surface area contributed by atoms with Crippen LogP contribution in [0, 0.1) is 0 Å². The van der Waals surface area contributed by atoms with Gasteiger partial charge in [0.2, 0.25) is 11.2 Å². The Hall–Kier alpha value is -1.69. The Morgan fingerprint density at radius 1 is 1.25 bits per heavy atom. The van der Waals surface area contributed by atoms with Crippen LogP contribution in [0.5, 0.6) is 0 Å². The average Bonchev–Trinajstić information content (AvgIpc) is 2.38. The van der Waals surface area contributed by atoms with Crippen molar-refractivity contribution in [3.63, 3.8) is 0 Å². The van der Waals surface area contributed by atoms with E-state index >= 15 is 0 Å². The molecule has 104 valence electrons. The van der Waals surface area contributed by atoms with Gasteiger partial charge in [-0.1, -0.05) is 41.9 Å². The van der Waals surface area contributed by atoms with Gasteiger partial charge in [0.1, 0.15) is 11.0 Å². The fourth-order valence-corrected chi connectivity index (χ4v) is 2.04. The van der Waals surface area contributed by atoms with Crippen LogP contribution >= 0.6 is 23.2 Å². The topological polar surface area (TPSA) is 80.9 Å². The minimum absolute atomic E-state index is 0.0376. The number of carbonyl (C=O) groups excluding carboxylic acids is 1. The van der Waals surface area contributed by atoms with Crippen molar-refractivity contribution < 1.29 is 4.79 Å². The normalized spacial score (nSPS) is 11.9. The molecule has 1 heterocycles. The molecule has 1 amide bonds. The molecule has 0 aliphatic rings. The van der Waals surface area contributed by atoms with Crippen LogP contribution in [0.2, 0.25) is 10.4 Å². The van der Waals surface area contributed by atoms with Crippen LogP contribution in [-0.2, 0) is 11.2 Å². The lowest BCUT2D eigenvalue weighted by molar-refractivity contribution is -0.117. The largest absolute Gasteiger partial charge is 0.320 e. The first-order valence-corrected chi connectivity index (χ1v) is 6.60. The van der Waals surface area contributed by atoms with E-state index in [9.17, 15) is 4.79 Å². The van der Waals surface area contributed by atoms with Crippen LogP contribution in [0.15, 0.2) is 36.4 Å². The fraction of sp³-hybridized carbons (Fsp3) is 0.154. The molecule has 7 heteroatoms. The molecule has 1 aromatic heterocycles. The number of nitrogens with two attached hydrogens (primary N) is 1. The summed E-state index contributed by atoms with van der Waals surface area (Å²) in [4.78, 5) is 19.5. The van der Waals surface area contributed by atoms with Crippen molar-refractivity contribution in [3.05, 3.63) is 52.4 Å². The summed E-state index contributed by atoms with van der Waals surface area (Å²) in [7, 11) is 0. The van der Waals surface area contributed by atoms with Crippen molar-refractivity contribution in [2.45, 2.75) is 12.5 Å². The Balaban J connectivity index is 2.00. The SMILES string of the molecule is N[C@@H](Cc1ccccc1)C(=O)Nc1cc(Cl)nc(Cl)n1. The highest BCUT2D eigenvalue weighted by molar-refractivity contribution is 6.32. The summed E-state index contributed by atoms with van der Waals surface area (Å²) < 4.78 is 0. The third-order valence-corrected chi connectivity index (χ3v) is 2.92. The highest BCUT2D eigenvalue weighted by Gasteiger charge is 2.15. The summed E-state index contributed by atoms with van der Waals surface area (Å²) in [5.41, 5.74) is 6.83. The van der Waals surface area contributed by atoms with E-state index in [-0.39, 0.29) is 22.2 Å². The van der Waals surface area contributed by atoms with E-state index in [1.165, 1.54) is 6.07 Å². The van der Waals surface area contributed by atoms with Gasteiger partial charge in [0.05, 0.1) is 6.04 Å². The van der Waals surface area contributed by atoms with Gasteiger partial charge in [-0.25, -0.2) is 9.97 Å². The number of halogens is 2. The maximum absolute atomic E-state index is 12.0. The lowest BCUT2D eigenvalue weighted by atomic mass is 10.1. The second kappa shape index (κ2) is 6.65. The molecule has 1 aromatic carbocycles. The third-order valence-electron chi connectivity index (χ3n) is 2.55. The van der Waals surface area contributed by atoms with E-state index in [0.29, 0.717) is 6.42 Å². The Bertz CT molecular complexity index is 586. The number of benzene rings is 1. The van der Waals surface area contributed by atoms with Crippen molar-refractivity contribution >= 4 is 34.9 Å². The number of rotatable bonds is 4. The minimum atomic E-state index is -0.690. The van der Waals surface area contributed by atoms with Gasteiger partial charge in [-0.05, 0) is 23.6 Å². The minimum Gasteiger partial charge on any atom is -0.320 e. The summed E-state index contributed by atoms with van der Waals surface area (Å²) in [5.74, 6) is -0.136. The Morgan fingerprint density at radius 3 is 2.60 bits per heavy atom. The van der Waals surface area contributed by atoms with Gasteiger partial charge in [-0.2, -0.15) is 0 Å². The first-order chi connectivity index (χ1) is 9.54. The van der Waals surface area contributed by atoms with E-state index in [0.717, 1.165) is 5.56 Å². The molecule has 0 aliphatic carbocycles. The molecule has 0 saturated carbocycles.